The molecule has 0 aromatic heterocycles. The van der Waals surface area contributed by atoms with Crippen LogP contribution in [0.5, 0.6) is 5.75 Å². The van der Waals surface area contributed by atoms with Gasteiger partial charge in [-0.15, -0.1) is 0 Å². The molecule has 0 fully saturated rings. The molecule has 4 heteroatoms. The highest BCUT2D eigenvalue weighted by Gasteiger charge is 2.13. The zero-order valence-corrected chi connectivity index (χ0v) is 9.36. The third kappa shape index (κ3) is 2.71. The zero-order chi connectivity index (χ0) is 13.1. The van der Waals surface area contributed by atoms with E-state index in [-0.39, 0.29) is 17.7 Å². The standard InChI is InChI=1S/C14H10F2O2/c15-10-3-6-13(16)12(8-10)14(18)7-9-1-4-11(17)5-2-9/h1-6,8,17H,7H2. The molecule has 2 aromatic rings. The average Bonchev–Trinajstić information content (AvgIpc) is 2.35. The Balaban J connectivity index is 2.21. The zero-order valence-electron chi connectivity index (χ0n) is 9.36. The summed E-state index contributed by atoms with van der Waals surface area (Å²) in [5, 5.41) is 9.09. The first kappa shape index (κ1) is 12.2. The minimum atomic E-state index is -0.736. The second-order valence-electron chi connectivity index (χ2n) is 3.89. The number of hydrogen-bond acceptors (Lipinski definition) is 2. The molecule has 0 saturated heterocycles. The summed E-state index contributed by atoms with van der Waals surface area (Å²) in [5.41, 5.74) is 0.365. The molecule has 0 aliphatic carbocycles. The largest absolute Gasteiger partial charge is 0.508 e. The van der Waals surface area contributed by atoms with Gasteiger partial charge in [-0.25, -0.2) is 8.78 Å². The van der Waals surface area contributed by atoms with Crippen LogP contribution in [0.15, 0.2) is 42.5 Å². The summed E-state index contributed by atoms with van der Waals surface area (Å²) >= 11 is 0. The van der Waals surface area contributed by atoms with Gasteiger partial charge in [0.2, 0.25) is 0 Å². The lowest BCUT2D eigenvalue weighted by molar-refractivity contribution is 0.0988. The quantitative estimate of drug-likeness (QED) is 0.847. The second kappa shape index (κ2) is 4.96. The summed E-state index contributed by atoms with van der Waals surface area (Å²) in [7, 11) is 0. The summed E-state index contributed by atoms with van der Waals surface area (Å²) in [5.74, 6) is -1.80. The second-order valence-corrected chi connectivity index (χ2v) is 3.89. The molecular formula is C14H10F2O2. The highest BCUT2D eigenvalue weighted by molar-refractivity contribution is 5.97. The first-order chi connectivity index (χ1) is 8.56. The molecule has 2 aromatic carbocycles. The van der Waals surface area contributed by atoms with Gasteiger partial charge in [0.15, 0.2) is 5.78 Å². The minimum absolute atomic E-state index is 0.0410. The van der Waals surface area contributed by atoms with Crippen LogP contribution in [0.1, 0.15) is 15.9 Å². The predicted octanol–water partition coefficient (Wildman–Crippen LogP) is 3.10. The molecule has 0 amide bonds. The number of phenols is 1. The smallest absolute Gasteiger partial charge is 0.170 e. The van der Waals surface area contributed by atoms with Gasteiger partial charge in [0.25, 0.3) is 0 Å². The summed E-state index contributed by atoms with van der Waals surface area (Å²) in [6.45, 7) is 0. The Labute approximate surface area is 103 Å². The maximum absolute atomic E-state index is 13.4. The molecule has 0 saturated carbocycles. The molecule has 1 N–H and O–H groups in total. The number of benzene rings is 2. The van der Waals surface area contributed by atoms with Crippen LogP contribution < -0.4 is 0 Å². The lowest BCUT2D eigenvalue weighted by Gasteiger charge is -2.03. The van der Waals surface area contributed by atoms with E-state index in [0.717, 1.165) is 18.2 Å². The average molecular weight is 248 g/mol. The Morgan fingerprint density at radius 1 is 1.06 bits per heavy atom. The fourth-order valence-electron chi connectivity index (χ4n) is 1.61. The Morgan fingerprint density at radius 2 is 1.72 bits per heavy atom. The number of hydrogen-bond donors (Lipinski definition) is 1. The van der Waals surface area contributed by atoms with Crippen LogP contribution in [-0.4, -0.2) is 10.9 Å². The maximum Gasteiger partial charge on any atom is 0.170 e. The van der Waals surface area contributed by atoms with Crippen molar-refractivity contribution >= 4 is 5.78 Å². The predicted molar refractivity (Wildman–Crippen MR) is 62.5 cm³/mol. The summed E-state index contributed by atoms with van der Waals surface area (Å²) < 4.78 is 26.3. The van der Waals surface area contributed by atoms with Crippen molar-refractivity contribution in [2.24, 2.45) is 0 Å². The topological polar surface area (TPSA) is 37.3 Å². The molecule has 0 atom stereocenters. The number of carbonyl (C=O) groups excluding carboxylic acids is 1. The van der Waals surface area contributed by atoms with Gasteiger partial charge < -0.3 is 5.11 Å². The SMILES string of the molecule is O=C(Cc1ccc(O)cc1)c1cc(F)ccc1F. The van der Waals surface area contributed by atoms with Gasteiger partial charge in [-0.3, -0.25) is 4.79 Å². The van der Waals surface area contributed by atoms with Gasteiger partial charge >= 0.3 is 0 Å². The number of carbonyl (C=O) groups is 1. The van der Waals surface area contributed by atoms with Crippen molar-refractivity contribution in [1.29, 1.82) is 0 Å². The van der Waals surface area contributed by atoms with Crippen molar-refractivity contribution in [3.63, 3.8) is 0 Å². The van der Waals surface area contributed by atoms with E-state index in [1.54, 1.807) is 12.1 Å². The first-order valence-electron chi connectivity index (χ1n) is 5.32. The normalized spacial score (nSPS) is 10.3. The lowest BCUT2D eigenvalue weighted by atomic mass is 10.0. The van der Waals surface area contributed by atoms with Crippen LogP contribution in [0.2, 0.25) is 0 Å². The van der Waals surface area contributed by atoms with Crippen molar-refractivity contribution in [3.8, 4) is 5.75 Å². The molecular weight excluding hydrogens is 238 g/mol. The molecule has 0 spiro atoms. The summed E-state index contributed by atoms with van der Waals surface area (Å²) in [6.07, 6.45) is -0.0410. The molecule has 2 rings (SSSR count). The van der Waals surface area contributed by atoms with Gasteiger partial charge in [0.05, 0.1) is 5.56 Å². The summed E-state index contributed by atoms with van der Waals surface area (Å²) in [6, 6.07) is 8.77. The van der Waals surface area contributed by atoms with Gasteiger partial charge in [-0.05, 0) is 35.9 Å². The Bertz CT molecular complexity index is 577. The van der Waals surface area contributed by atoms with Crippen LogP contribution in [0.25, 0.3) is 0 Å². The number of rotatable bonds is 3. The van der Waals surface area contributed by atoms with Crippen molar-refractivity contribution < 1.29 is 18.7 Å². The molecule has 0 aliphatic heterocycles. The van der Waals surface area contributed by atoms with Gasteiger partial charge in [0.1, 0.15) is 17.4 Å². The molecule has 0 aliphatic rings. The van der Waals surface area contributed by atoms with Gasteiger partial charge in [-0.1, -0.05) is 12.1 Å². The lowest BCUT2D eigenvalue weighted by Crippen LogP contribution is -2.06. The van der Waals surface area contributed by atoms with Crippen LogP contribution in [0.4, 0.5) is 8.78 Å². The van der Waals surface area contributed by atoms with E-state index in [1.165, 1.54) is 12.1 Å². The van der Waals surface area contributed by atoms with Crippen LogP contribution in [0.3, 0.4) is 0 Å². The molecule has 18 heavy (non-hydrogen) atoms. The van der Waals surface area contributed by atoms with E-state index in [2.05, 4.69) is 0 Å². The van der Waals surface area contributed by atoms with Crippen molar-refractivity contribution in [2.45, 2.75) is 6.42 Å². The number of phenolic OH excluding ortho intramolecular Hbond substituents is 1. The minimum Gasteiger partial charge on any atom is -0.508 e. The van der Waals surface area contributed by atoms with E-state index in [9.17, 15) is 13.6 Å². The fourth-order valence-corrected chi connectivity index (χ4v) is 1.61. The third-order valence-corrected chi connectivity index (χ3v) is 2.53. The fraction of sp³-hybridized carbons (Fsp3) is 0.0714. The molecule has 0 unspecified atom stereocenters. The first-order valence-corrected chi connectivity index (χ1v) is 5.32. The molecule has 0 radical (unpaired) electrons. The molecule has 92 valence electrons. The number of Topliss-reactive ketones (excluding diaryl/α,β-unsaturated/α-hetero) is 1. The Hall–Kier alpha value is -2.23. The Kier molecular flexibility index (Phi) is 3.37. The van der Waals surface area contributed by atoms with E-state index >= 15 is 0 Å². The number of aromatic hydroxyl groups is 1. The van der Waals surface area contributed by atoms with Crippen LogP contribution in [-0.2, 0) is 6.42 Å². The number of halogens is 2. The highest BCUT2D eigenvalue weighted by atomic mass is 19.1. The van der Waals surface area contributed by atoms with E-state index in [1.807, 2.05) is 0 Å². The van der Waals surface area contributed by atoms with Crippen LogP contribution in [0, 0.1) is 11.6 Å². The van der Waals surface area contributed by atoms with Gasteiger partial charge in [-0.2, -0.15) is 0 Å². The van der Waals surface area contributed by atoms with Crippen molar-refractivity contribution in [1.82, 2.24) is 0 Å². The van der Waals surface area contributed by atoms with E-state index < -0.39 is 17.4 Å². The van der Waals surface area contributed by atoms with Crippen molar-refractivity contribution in [3.05, 3.63) is 65.2 Å². The van der Waals surface area contributed by atoms with Crippen molar-refractivity contribution in [2.75, 3.05) is 0 Å². The van der Waals surface area contributed by atoms with Gasteiger partial charge in [0, 0.05) is 6.42 Å². The third-order valence-electron chi connectivity index (χ3n) is 2.53. The molecule has 2 nitrogen and oxygen atoms in total. The monoisotopic (exact) mass is 248 g/mol. The molecule has 0 bridgehead atoms. The highest BCUT2D eigenvalue weighted by Crippen LogP contribution is 2.15. The van der Waals surface area contributed by atoms with Crippen LogP contribution >= 0.6 is 0 Å². The Morgan fingerprint density at radius 3 is 2.39 bits per heavy atom. The van der Waals surface area contributed by atoms with E-state index in [4.69, 9.17) is 5.11 Å². The summed E-state index contributed by atoms with van der Waals surface area (Å²) in [4.78, 5) is 11.8. The molecule has 0 heterocycles. The maximum atomic E-state index is 13.4. The number of ketones is 1. The van der Waals surface area contributed by atoms with E-state index in [0.29, 0.717) is 5.56 Å².